The van der Waals surface area contributed by atoms with Gasteiger partial charge in [-0.3, -0.25) is 5.32 Å². The van der Waals surface area contributed by atoms with Crippen molar-refractivity contribution in [3.63, 3.8) is 0 Å². The number of rotatable bonds is 7. The van der Waals surface area contributed by atoms with E-state index in [9.17, 15) is 14.3 Å². The molecular formula is C28H27FN3O2+. The molecule has 1 aromatic carbocycles. The average Bonchev–Trinajstić information content (AvgIpc) is 3.15. The number of halogens is 1. The molecule has 0 bridgehead atoms. The summed E-state index contributed by atoms with van der Waals surface area (Å²) in [5.74, 6) is 0.0994. The zero-order chi connectivity index (χ0) is 24.2. The van der Waals surface area contributed by atoms with Gasteiger partial charge in [-0.25, -0.2) is 14.2 Å². The molecule has 2 atom stereocenters. The maximum Gasteiger partial charge on any atom is 0.359 e. The summed E-state index contributed by atoms with van der Waals surface area (Å²) < 4.78 is 14.9. The van der Waals surface area contributed by atoms with Crippen molar-refractivity contribution in [1.82, 2.24) is 4.98 Å². The molecule has 34 heavy (non-hydrogen) atoms. The second kappa shape index (κ2) is 9.93. The van der Waals surface area contributed by atoms with Gasteiger partial charge in [0.15, 0.2) is 11.7 Å². The Labute approximate surface area is 198 Å². The molecule has 172 valence electrons. The van der Waals surface area contributed by atoms with Crippen molar-refractivity contribution in [2.24, 2.45) is 0 Å². The standard InChI is InChI=1S/C28H26FN3O2/c1-4-5-6-7-18(2)19(3)26-27-31-24(16-20-8-12-22(29)13-9-20)28(34)32(27)17-25(30-26)21-10-14-23(33)15-11-21/h4-14,17,23-24,33H,2-3,15-16H2,1H3/p+1. The van der Waals surface area contributed by atoms with Crippen molar-refractivity contribution < 1.29 is 18.9 Å². The van der Waals surface area contributed by atoms with Crippen LogP contribution in [-0.2, 0) is 6.42 Å². The zero-order valence-electron chi connectivity index (χ0n) is 19.0. The van der Waals surface area contributed by atoms with Crippen LogP contribution < -0.4 is 9.88 Å². The fourth-order valence-corrected chi connectivity index (χ4v) is 3.89. The van der Waals surface area contributed by atoms with E-state index in [0.717, 1.165) is 11.1 Å². The van der Waals surface area contributed by atoms with Gasteiger partial charge in [0.1, 0.15) is 17.7 Å². The molecule has 6 heteroatoms. The normalized spacial score (nSPS) is 19.4. The minimum atomic E-state index is -0.529. The highest BCUT2D eigenvalue weighted by atomic mass is 19.1. The summed E-state index contributed by atoms with van der Waals surface area (Å²) in [7, 11) is 0. The molecule has 0 saturated heterocycles. The predicted molar refractivity (Wildman–Crippen MR) is 132 cm³/mol. The molecule has 1 aromatic heterocycles. The van der Waals surface area contributed by atoms with Gasteiger partial charge in [0, 0.05) is 12.0 Å². The average molecular weight is 457 g/mol. The zero-order valence-corrected chi connectivity index (χ0v) is 19.0. The first-order valence-electron chi connectivity index (χ1n) is 11.1. The molecule has 2 N–H and O–H groups in total. The molecule has 5 nitrogen and oxygen atoms in total. The van der Waals surface area contributed by atoms with Crippen LogP contribution in [0.2, 0.25) is 0 Å². The van der Waals surface area contributed by atoms with Crippen molar-refractivity contribution in [2.75, 3.05) is 5.32 Å². The van der Waals surface area contributed by atoms with Gasteiger partial charge in [0.05, 0.1) is 6.10 Å². The second-order valence-electron chi connectivity index (χ2n) is 8.27. The maximum absolute atomic E-state index is 13.4. The molecule has 0 saturated carbocycles. The van der Waals surface area contributed by atoms with Crippen LogP contribution in [0.1, 0.15) is 35.1 Å². The van der Waals surface area contributed by atoms with E-state index < -0.39 is 12.1 Å². The minimum Gasteiger partial charge on any atom is -0.389 e. The monoisotopic (exact) mass is 456 g/mol. The van der Waals surface area contributed by atoms with Crippen molar-refractivity contribution in [1.29, 1.82) is 0 Å². The van der Waals surface area contributed by atoms with E-state index in [0.29, 0.717) is 41.2 Å². The first kappa shape index (κ1) is 23.3. The highest BCUT2D eigenvalue weighted by molar-refractivity contribution is 5.89. The Morgan fingerprint density at radius 3 is 2.74 bits per heavy atom. The van der Waals surface area contributed by atoms with E-state index in [1.54, 1.807) is 35.0 Å². The predicted octanol–water partition coefficient (Wildman–Crippen LogP) is 4.59. The lowest BCUT2D eigenvalue weighted by Crippen LogP contribution is -2.44. The van der Waals surface area contributed by atoms with Gasteiger partial charge in [-0.1, -0.05) is 67.8 Å². The lowest BCUT2D eigenvalue weighted by molar-refractivity contribution is -0.553. The number of fused-ring (bicyclic) bond motifs is 1. The molecule has 0 fully saturated rings. The number of nitrogens with one attached hydrogen (secondary N) is 1. The number of carbonyl (C=O) groups is 1. The Bertz CT molecular complexity index is 1270. The molecule has 1 aliphatic heterocycles. The van der Waals surface area contributed by atoms with Crippen LogP contribution in [0.15, 0.2) is 91.7 Å². The largest absolute Gasteiger partial charge is 0.389 e. The summed E-state index contributed by atoms with van der Waals surface area (Å²) in [4.78, 5) is 18.2. The van der Waals surface area contributed by atoms with E-state index in [1.807, 2.05) is 37.3 Å². The molecule has 2 aliphatic rings. The molecule has 2 heterocycles. The Hall–Kier alpha value is -3.90. The minimum absolute atomic E-state index is 0.132. The second-order valence-corrected chi connectivity index (χ2v) is 8.27. The van der Waals surface area contributed by atoms with Gasteiger partial charge in [-0.15, -0.1) is 0 Å². The third kappa shape index (κ3) is 4.87. The smallest absolute Gasteiger partial charge is 0.359 e. The summed E-state index contributed by atoms with van der Waals surface area (Å²) in [6, 6.07) is 5.61. The molecule has 4 rings (SSSR count). The van der Waals surface area contributed by atoms with Gasteiger partial charge in [0.2, 0.25) is 0 Å². The third-order valence-electron chi connectivity index (χ3n) is 5.80. The molecular weight excluding hydrogens is 429 g/mol. The molecule has 0 spiro atoms. The van der Waals surface area contributed by atoms with Gasteiger partial charge in [-0.2, -0.15) is 4.57 Å². The van der Waals surface area contributed by atoms with E-state index >= 15 is 0 Å². The highest BCUT2D eigenvalue weighted by Gasteiger charge is 2.41. The number of nitrogens with zero attached hydrogens (tertiary/aromatic N) is 2. The van der Waals surface area contributed by atoms with Crippen molar-refractivity contribution in [3.05, 3.63) is 114 Å². The van der Waals surface area contributed by atoms with Crippen LogP contribution in [0, 0.1) is 5.82 Å². The Kier molecular flexibility index (Phi) is 6.80. The SMILES string of the molecule is C=C(C=CC=CC)C(=C)c1nc(C2=CCC(O)C=C2)c[n+]2c1NC(Cc1ccc(F)cc1)C2=O. The Morgan fingerprint density at radius 2 is 2.06 bits per heavy atom. The van der Waals surface area contributed by atoms with Crippen LogP contribution in [0.25, 0.3) is 11.1 Å². The summed E-state index contributed by atoms with van der Waals surface area (Å²) in [5.41, 5.74) is 4.06. The number of anilines is 1. The lowest BCUT2D eigenvalue weighted by Gasteiger charge is -2.13. The number of allylic oxidation sites excluding steroid dienone is 8. The maximum atomic E-state index is 13.4. The number of aliphatic hydroxyl groups excluding tert-OH is 1. The number of aromatic nitrogens is 2. The lowest BCUT2D eigenvalue weighted by atomic mass is 10.0. The van der Waals surface area contributed by atoms with Gasteiger partial charge in [-0.05, 0) is 42.2 Å². The van der Waals surface area contributed by atoms with E-state index in [4.69, 9.17) is 4.98 Å². The van der Waals surface area contributed by atoms with Gasteiger partial charge in [0.25, 0.3) is 0 Å². The Balaban J connectivity index is 1.73. The number of hydrogen-bond acceptors (Lipinski definition) is 4. The summed E-state index contributed by atoms with van der Waals surface area (Å²) in [5, 5.41) is 13.1. The fourth-order valence-electron chi connectivity index (χ4n) is 3.89. The van der Waals surface area contributed by atoms with Crippen molar-refractivity contribution in [2.45, 2.75) is 31.9 Å². The quantitative estimate of drug-likeness (QED) is 0.472. The number of benzene rings is 1. The molecule has 0 amide bonds. The van der Waals surface area contributed by atoms with Crippen LogP contribution in [-0.4, -0.2) is 28.1 Å². The topological polar surface area (TPSA) is 66.1 Å². The summed E-state index contributed by atoms with van der Waals surface area (Å²) in [6.45, 7) is 10.2. The van der Waals surface area contributed by atoms with Gasteiger partial charge >= 0.3 is 11.7 Å². The molecule has 2 aromatic rings. The van der Waals surface area contributed by atoms with E-state index in [2.05, 4.69) is 18.5 Å². The van der Waals surface area contributed by atoms with E-state index in [-0.39, 0.29) is 11.7 Å². The fraction of sp³-hybridized carbons (Fsp3) is 0.179. The highest BCUT2D eigenvalue weighted by Crippen LogP contribution is 2.30. The van der Waals surface area contributed by atoms with Crippen molar-refractivity contribution in [3.8, 4) is 0 Å². The molecule has 0 radical (unpaired) electrons. The van der Waals surface area contributed by atoms with Gasteiger partial charge < -0.3 is 5.11 Å². The Morgan fingerprint density at radius 1 is 1.29 bits per heavy atom. The van der Waals surface area contributed by atoms with Crippen LogP contribution >= 0.6 is 0 Å². The molecule has 2 unspecified atom stereocenters. The number of hydrogen-bond donors (Lipinski definition) is 2. The van der Waals surface area contributed by atoms with Crippen LogP contribution in [0.4, 0.5) is 10.2 Å². The van der Waals surface area contributed by atoms with E-state index in [1.165, 1.54) is 12.1 Å². The number of carbonyl (C=O) groups excluding carboxylic acids is 1. The summed E-state index contributed by atoms with van der Waals surface area (Å²) >= 11 is 0. The first-order valence-corrected chi connectivity index (χ1v) is 11.1. The first-order chi connectivity index (χ1) is 16.4. The van der Waals surface area contributed by atoms with Crippen LogP contribution in [0.3, 0.4) is 0 Å². The van der Waals surface area contributed by atoms with Crippen molar-refractivity contribution >= 4 is 22.9 Å². The molecule has 1 aliphatic carbocycles. The third-order valence-corrected chi connectivity index (χ3v) is 5.80. The summed E-state index contributed by atoms with van der Waals surface area (Å²) in [6.07, 6.45) is 15.0. The van der Waals surface area contributed by atoms with Crippen LogP contribution in [0.5, 0.6) is 0 Å². The number of aliphatic hydroxyl groups is 1.